The third kappa shape index (κ3) is 6.74. The predicted octanol–water partition coefficient (Wildman–Crippen LogP) is 5.70. The predicted molar refractivity (Wildman–Crippen MR) is 188 cm³/mol. The van der Waals surface area contributed by atoms with Crippen molar-refractivity contribution in [1.82, 2.24) is 14.6 Å². The summed E-state index contributed by atoms with van der Waals surface area (Å²) < 4.78 is 41.9. The van der Waals surface area contributed by atoms with E-state index in [0.29, 0.717) is 5.56 Å². The number of benzene rings is 4. The van der Waals surface area contributed by atoms with E-state index in [4.69, 9.17) is 18.9 Å². The highest BCUT2D eigenvalue weighted by Crippen LogP contribution is 2.49. The van der Waals surface area contributed by atoms with E-state index in [2.05, 4.69) is 15.4 Å². The standard InChI is InChI=1S/C40H28FN5O8/c41-40(24-51-36(48)27-15-7-2-8-16-27)33(53-38(50)29-19-11-4-12-20-29)32(52-37(49)28-17-9-3-10-18-28)39(23-42,54-40)31-22-21-30-34(43-25-44-46(30)31)45-35(47)26-13-5-1-6-14-26/h1-22,25,32-33H,24H2,(H,43,44,45,47)/t32-,33+,39+,40-/m1/s1. The first-order valence-corrected chi connectivity index (χ1v) is 16.5. The van der Waals surface area contributed by atoms with Crippen LogP contribution in [0.2, 0.25) is 0 Å². The van der Waals surface area contributed by atoms with Crippen molar-refractivity contribution in [3.8, 4) is 6.07 Å². The van der Waals surface area contributed by atoms with Crippen LogP contribution >= 0.6 is 0 Å². The van der Waals surface area contributed by atoms with Gasteiger partial charge in [0.05, 0.1) is 22.4 Å². The fourth-order valence-electron chi connectivity index (χ4n) is 5.99. The van der Waals surface area contributed by atoms with Crippen LogP contribution < -0.4 is 5.32 Å². The van der Waals surface area contributed by atoms with Crippen molar-refractivity contribution in [2.75, 3.05) is 11.9 Å². The molecule has 0 radical (unpaired) electrons. The van der Waals surface area contributed by atoms with Gasteiger partial charge in [-0.2, -0.15) is 10.4 Å². The summed E-state index contributed by atoms with van der Waals surface area (Å²) in [7, 11) is 0. The lowest BCUT2D eigenvalue weighted by Gasteiger charge is -2.28. The number of hydrogen-bond donors (Lipinski definition) is 1. The van der Waals surface area contributed by atoms with Gasteiger partial charge in [0.1, 0.15) is 17.9 Å². The first kappa shape index (κ1) is 35.2. The molecule has 7 rings (SSSR count). The van der Waals surface area contributed by atoms with E-state index in [-0.39, 0.29) is 33.7 Å². The Morgan fingerprint density at radius 1 is 0.722 bits per heavy atom. The molecule has 0 unspecified atom stereocenters. The van der Waals surface area contributed by atoms with Crippen LogP contribution in [0.4, 0.5) is 10.2 Å². The minimum absolute atomic E-state index is 0.00315. The van der Waals surface area contributed by atoms with E-state index in [1.807, 2.05) is 6.07 Å². The molecule has 0 bridgehead atoms. The van der Waals surface area contributed by atoms with Crippen LogP contribution in [0.15, 0.2) is 140 Å². The fraction of sp³-hybridized carbons (Fsp3) is 0.125. The van der Waals surface area contributed by atoms with Crippen molar-refractivity contribution in [1.29, 1.82) is 5.26 Å². The normalized spacial score (nSPS) is 20.4. The van der Waals surface area contributed by atoms with Crippen LogP contribution in [0.3, 0.4) is 0 Å². The third-order valence-corrected chi connectivity index (χ3v) is 8.59. The number of hydrogen-bond acceptors (Lipinski definition) is 11. The maximum atomic E-state index is 17.7. The smallest absolute Gasteiger partial charge is 0.338 e. The van der Waals surface area contributed by atoms with Crippen molar-refractivity contribution in [2.24, 2.45) is 0 Å². The van der Waals surface area contributed by atoms with Gasteiger partial charge in [-0.25, -0.2) is 28.3 Å². The van der Waals surface area contributed by atoms with Crippen molar-refractivity contribution in [3.63, 3.8) is 0 Å². The maximum absolute atomic E-state index is 17.7. The van der Waals surface area contributed by atoms with Gasteiger partial charge in [-0.15, -0.1) is 0 Å². The molecule has 0 saturated carbocycles. The quantitative estimate of drug-likeness (QED) is 0.136. The highest BCUT2D eigenvalue weighted by atomic mass is 19.2. The number of carbonyl (C=O) groups is 4. The summed E-state index contributed by atoms with van der Waals surface area (Å²) in [6, 6.07) is 36.0. The minimum Gasteiger partial charge on any atom is -0.456 e. The van der Waals surface area contributed by atoms with Gasteiger partial charge in [-0.1, -0.05) is 72.8 Å². The molecule has 1 aliphatic rings. The summed E-state index contributed by atoms with van der Waals surface area (Å²) in [4.78, 5) is 57.6. The third-order valence-electron chi connectivity index (χ3n) is 8.59. The number of nitriles is 1. The average molecular weight is 726 g/mol. The van der Waals surface area contributed by atoms with Gasteiger partial charge < -0.3 is 24.3 Å². The van der Waals surface area contributed by atoms with Crippen molar-refractivity contribution in [2.45, 2.75) is 23.7 Å². The molecule has 0 spiro atoms. The van der Waals surface area contributed by atoms with Crippen LogP contribution in [0, 0.1) is 11.3 Å². The van der Waals surface area contributed by atoms with Crippen molar-refractivity contribution < 1.29 is 42.5 Å². The first-order valence-electron chi connectivity index (χ1n) is 16.5. The molecule has 54 heavy (non-hydrogen) atoms. The molecule has 14 heteroatoms. The Balaban J connectivity index is 1.34. The summed E-state index contributed by atoms with van der Waals surface area (Å²) in [5.41, 5.74) is -2.24. The number of alkyl halides is 1. The largest absolute Gasteiger partial charge is 0.456 e. The Bertz CT molecular complexity index is 2370. The SMILES string of the molecule is N#C[C@@]1(c2ccc3c(NC(=O)c4ccccc4)ncnn23)O[C@](F)(COC(=O)c2ccccc2)[C@@H](OC(=O)c2ccccc2)[C@H]1OC(=O)c1ccccc1. The van der Waals surface area contributed by atoms with E-state index in [1.165, 1.54) is 48.5 Å². The number of aromatic nitrogens is 3. The summed E-state index contributed by atoms with van der Waals surface area (Å²) in [5.74, 6) is -6.80. The maximum Gasteiger partial charge on any atom is 0.338 e. The monoisotopic (exact) mass is 725 g/mol. The topological polar surface area (TPSA) is 171 Å². The Morgan fingerprint density at radius 3 is 1.76 bits per heavy atom. The van der Waals surface area contributed by atoms with Gasteiger partial charge >= 0.3 is 17.9 Å². The highest BCUT2D eigenvalue weighted by molar-refractivity contribution is 6.05. The summed E-state index contributed by atoms with van der Waals surface area (Å²) in [6.45, 7) is -1.20. The van der Waals surface area contributed by atoms with Gasteiger partial charge in [-0.05, 0) is 60.7 Å². The highest BCUT2D eigenvalue weighted by Gasteiger charge is 2.71. The number of amides is 1. The number of nitrogens with zero attached hydrogens (tertiary/aromatic N) is 4. The number of carbonyl (C=O) groups excluding carboxylic acids is 4. The zero-order valence-corrected chi connectivity index (χ0v) is 28.1. The number of ether oxygens (including phenoxy) is 4. The number of nitrogens with one attached hydrogen (secondary N) is 1. The molecule has 2 aromatic heterocycles. The second-order valence-corrected chi connectivity index (χ2v) is 12.0. The van der Waals surface area contributed by atoms with Gasteiger partial charge in [0.25, 0.3) is 11.8 Å². The molecule has 13 nitrogen and oxygen atoms in total. The summed E-state index contributed by atoms with van der Waals surface area (Å²) in [6.07, 6.45) is -3.16. The van der Waals surface area contributed by atoms with E-state index in [9.17, 15) is 24.4 Å². The molecule has 3 heterocycles. The number of anilines is 1. The second-order valence-electron chi connectivity index (χ2n) is 12.0. The van der Waals surface area contributed by atoms with E-state index >= 15 is 4.39 Å². The Morgan fingerprint density at radius 2 is 1.22 bits per heavy atom. The molecule has 1 aliphatic heterocycles. The van der Waals surface area contributed by atoms with Gasteiger partial charge in [0.2, 0.25) is 11.7 Å². The molecule has 1 saturated heterocycles. The van der Waals surface area contributed by atoms with Crippen molar-refractivity contribution >= 4 is 35.1 Å². The Labute approximate surface area is 306 Å². The fourth-order valence-corrected chi connectivity index (χ4v) is 5.99. The first-order chi connectivity index (χ1) is 26.2. The molecule has 1 fully saturated rings. The molecular formula is C40H28FN5O8. The molecule has 268 valence electrons. The number of rotatable bonds is 10. The van der Waals surface area contributed by atoms with Crippen LogP contribution in [0.1, 0.15) is 47.1 Å². The van der Waals surface area contributed by atoms with Gasteiger partial charge in [0.15, 0.2) is 18.5 Å². The van der Waals surface area contributed by atoms with Crippen LogP contribution in [0.5, 0.6) is 0 Å². The molecular weight excluding hydrogens is 697 g/mol. The van der Waals surface area contributed by atoms with Crippen molar-refractivity contribution in [3.05, 3.63) is 168 Å². The molecule has 1 N–H and O–H groups in total. The number of esters is 3. The summed E-state index contributed by atoms with van der Waals surface area (Å²) >= 11 is 0. The van der Waals surface area contributed by atoms with Crippen LogP contribution in [-0.4, -0.2) is 63.1 Å². The van der Waals surface area contributed by atoms with E-state index in [0.717, 1.165) is 10.8 Å². The molecule has 4 atom stereocenters. The summed E-state index contributed by atoms with van der Waals surface area (Å²) in [5, 5.41) is 18.0. The molecule has 4 aromatic carbocycles. The second kappa shape index (κ2) is 14.8. The van der Waals surface area contributed by atoms with Crippen LogP contribution in [0.25, 0.3) is 5.52 Å². The van der Waals surface area contributed by atoms with E-state index in [1.54, 1.807) is 84.9 Å². The lowest BCUT2D eigenvalue weighted by Crippen LogP contribution is -2.49. The van der Waals surface area contributed by atoms with Gasteiger partial charge in [0, 0.05) is 5.56 Å². The Kier molecular flexibility index (Phi) is 9.63. The zero-order chi connectivity index (χ0) is 37.7. The Hall–Kier alpha value is -7.24. The van der Waals surface area contributed by atoms with E-state index < -0.39 is 54.1 Å². The lowest BCUT2D eigenvalue weighted by atomic mass is 9.91. The molecule has 6 aromatic rings. The van der Waals surface area contributed by atoms with Gasteiger partial charge in [-0.3, -0.25) is 4.79 Å². The molecule has 0 aliphatic carbocycles. The van der Waals surface area contributed by atoms with Crippen LogP contribution in [-0.2, 0) is 24.5 Å². The molecule has 1 amide bonds. The number of fused-ring (bicyclic) bond motifs is 1. The zero-order valence-electron chi connectivity index (χ0n) is 28.1. The number of halogens is 1. The lowest BCUT2D eigenvalue weighted by molar-refractivity contribution is -0.212. The minimum atomic E-state index is -3.30. The average Bonchev–Trinajstić information content (AvgIpc) is 3.76.